The van der Waals surface area contributed by atoms with E-state index < -0.39 is 5.97 Å². The van der Waals surface area contributed by atoms with E-state index in [1.165, 1.54) is 6.08 Å². The molecule has 1 rings (SSSR count). The van der Waals surface area contributed by atoms with Gasteiger partial charge in [-0.2, -0.15) is 0 Å². The first-order chi connectivity index (χ1) is 12.7. The van der Waals surface area contributed by atoms with Gasteiger partial charge in [0.2, 0.25) is 0 Å². The van der Waals surface area contributed by atoms with Crippen LogP contribution in [0.3, 0.4) is 0 Å². The van der Waals surface area contributed by atoms with Gasteiger partial charge in [-0.1, -0.05) is 19.4 Å². The molecule has 0 aromatic heterocycles. The maximum absolute atomic E-state index is 11.8. The van der Waals surface area contributed by atoms with Crippen molar-refractivity contribution >= 4 is 18.0 Å². The average Bonchev–Trinajstić information content (AvgIpc) is 2.58. The van der Waals surface area contributed by atoms with Gasteiger partial charge < -0.3 is 19.5 Å². The Hall–Kier alpha value is -2.50. The van der Waals surface area contributed by atoms with Crippen LogP contribution in [0.2, 0.25) is 0 Å². The molecule has 0 bridgehead atoms. The van der Waals surface area contributed by atoms with Crippen LogP contribution < -0.4 is 14.8 Å². The maximum atomic E-state index is 11.8. The minimum Gasteiger partial charge on any atom is -0.490 e. The lowest BCUT2D eigenvalue weighted by molar-refractivity contribution is -0.144. The van der Waals surface area contributed by atoms with Crippen molar-refractivity contribution in [3.8, 4) is 11.5 Å². The molecule has 0 atom stereocenters. The topological polar surface area (TPSA) is 73.9 Å². The predicted molar refractivity (Wildman–Crippen MR) is 106 cm³/mol. The molecule has 0 fully saturated rings. The van der Waals surface area contributed by atoms with Crippen molar-refractivity contribution in [2.75, 3.05) is 19.8 Å². The maximum Gasteiger partial charge on any atom is 0.331 e. The number of carbonyl (C=O) groups excluding carboxylic acids is 2. The van der Waals surface area contributed by atoms with Crippen LogP contribution in [0.25, 0.3) is 6.08 Å². The van der Waals surface area contributed by atoms with Gasteiger partial charge in [-0.15, -0.1) is 0 Å². The molecule has 1 aromatic carbocycles. The van der Waals surface area contributed by atoms with Gasteiger partial charge >= 0.3 is 5.97 Å². The predicted octanol–water partition coefficient (Wildman–Crippen LogP) is 3.74. The second kappa shape index (κ2) is 11.3. The Labute approximate surface area is 161 Å². The van der Waals surface area contributed by atoms with E-state index in [9.17, 15) is 9.59 Å². The normalized spacial score (nSPS) is 11.3. The monoisotopic (exact) mass is 377 g/mol. The summed E-state index contributed by atoms with van der Waals surface area (Å²) in [5.74, 6) is 0.398. The zero-order chi connectivity index (χ0) is 20.3. The van der Waals surface area contributed by atoms with E-state index >= 15 is 0 Å². The number of benzene rings is 1. The minimum atomic E-state index is -0.583. The Morgan fingerprint density at radius 3 is 2.48 bits per heavy atom. The fourth-order valence-electron chi connectivity index (χ4n) is 2.15. The summed E-state index contributed by atoms with van der Waals surface area (Å²) in [6.07, 6.45) is 4.93. The molecular formula is C21H31NO5. The summed E-state index contributed by atoms with van der Waals surface area (Å²) in [5, 5.41) is 2.73. The van der Waals surface area contributed by atoms with Gasteiger partial charge in [-0.05, 0) is 57.9 Å². The van der Waals surface area contributed by atoms with Crippen LogP contribution in [0.15, 0.2) is 24.3 Å². The highest BCUT2D eigenvalue weighted by molar-refractivity contribution is 5.89. The zero-order valence-corrected chi connectivity index (χ0v) is 17.0. The highest BCUT2D eigenvalue weighted by atomic mass is 16.5. The number of esters is 1. The van der Waals surface area contributed by atoms with Crippen molar-refractivity contribution in [2.24, 2.45) is 0 Å². The van der Waals surface area contributed by atoms with Crippen LogP contribution >= 0.6 is 0 Å². The third kappa shape index (κ3) is 9.68. The highest BCUT2D eigenvalue weighted by Crippen LogP contribution is 2.29. The second-order valence-electron chi connectivity index (χ2n) is 7.08. The molecule has 0 saturated carbocycles. The number of hydrogen-bond acceptors (Lipinski definition) is 5. The van der Waals surface area contributed by atoms with Crippen molar-refractivity contribution in [3.63, 3.8) is 0 Å². The molecule has 1 N–H and O–H groups in total. The summed E-state index contributed by atoms with van der Waals surface area (Å²) < 4.78 is 16.3. The summed E-state index contributed by atoms with van der Waals surface area (Å²) in [4.78, 5) is 23.5. The highest BCUT2D eigenvalue weighted by Gasteiger charge is 2.14. The fraction of sp³-hybridized carbons (Fsp3) is 0.524. The SMILES string of the molecule is CCCCOc1ccc(/C=C/C(=O)OCC(=O)NC(C)(C)C)cc1OCC. The number of rotatable bonds is 10. The molecule has 150 valence electrons. The van der Waals surface area contributed by atoms with Crippen LogP contribution in [-0.2, 0) is 14.3 Å². The first-order valence-electron chi connectivity index (χ1n) is 9.30. The number of nitrogens with one attached hydrogen (secondary N) is 1. The van der Waals surface area contributed by atoms with Crippen molar-refractivity contribution in [2.45, 2.75) is 53.0 Å². The smallest absolute Gasteiger partial charge is 0.331 e. The fourth-order valence-corrected chi connectivity index (χ4v) is 2.15. The summed E-state index contributed by atoms with van der Waals surface area (Å²) in [5.41, 5.74) is 0.410. The van der Waals surface area contributed by atoms with Crippen molar-refractivity contribution < 1.29 is 23.8 Å². The lowest BCUT2D eigenvalue weighted by Gasteiger charge is -2.20. The molecule has 0 saturated heterocycles. The summed E-state index contributed by atoms with van der Waals surface area (Å²) in [6.45, 7) is 10.4. The van der Waals surface area contributed by atoms with E-state index in [-0.39, 0.29) is 18.1 Å². The van der Waals surface area contributed by atoms with Gasteiger partial charge in [0.25, 0.3) is 5.91 Å². The Bertz CT molecular complexity index is 646. The molecule has 0 heterocycles. The van der Waals surface area contributed by atoms with E-state index in [0.717, 1.165) is 18.4 Å². The third-order valence-corrected chi connectivity index (χ3v) is 3.29. The Balaban J connectivity index is 2.64. The van der Waals surface area contributed by atoms with E-state index in [1.54, 1.807) is 12.1 Å². The second-order valence-corrected chi connectivity index (χ2v) is 7.08. The molecule has 0 unspecified atom stereocenters. The van der Waals surface area contributed by atoms with Crippen LogP contribution in [0.4, 0.5) is 0 Å². The molecule has 0 spiro atoms. The van der Waals surface area contributed by atoms with Crippen LogP contribution in [0.1, 0.15) is 53.0 Å². The van der Waals surface area contributed by atoms with Gasteiger partial charge in [0, 0.05) is 11.6 Å². The van der Waals surface area contributed by atoms with Crippen LogP contribution in [0, 0.1) is 0 Å². The van der Waals surface area contributed by atoms with Crippen LogP contribution in [-0.4, -0.2) is 37.2 Å². The van der Waals surface area contributed by atoms with Gasteiger partial charge in [0.15, 0.2) is 18.1 Å². The third-order valence-electron chi connectivity index (χ3n) is 3.29. The quantitative estimate of drug-likeness (QED) is 0.382. The summed E-state index contributed by atoms with van der Waals surface area (Å²) >= 11 is 0. The van der Waals surface area contributed by atoms with Gasteiger partial charge in [0.1, 0.15) is 0 Å². The largest absolute Gasteiger partial charge is 0.490 e. The molecule has 0 aliphatic heterocycles. The van der Waals surface area contributed by atoms with Crippen molar-refractivity contribution in [1.29, 1.82) is 0 Å². The van der Waals surface area contributed by atoms with E-state index in [1.807, 2.05) is 39.8 Å². The average molecular weight is 377 g/mol. The lowest BCUT2D eigenvalue weighted by Crippen LogP contribution is -2.42. The molecule has 6 nitrogen and oxygen atoms in total. The molecule has 0 radical (unpaired) electrons. The molecule has 0 aliphatic carbocycles. The van der Waals surface area contributed by atoms with Crippen LogP contribution in [0.5, 0.6) is 11.5 Å². The summed E-state index contributed by atoms with van der Waals surface area (Å²) in [7, 11) is 0. The molecule has 1 aromatic rings. The number of amides is 1. The van der Waals surface area contributed by atoms with E-state index in [0.29, 0.717) is 24.7 Å². The number of ether oxygens (including phenoxy) is 3. The standard InChI is InChI=1S/C21H31NO5/c1-6-8-13-26-17-11-9-16(14-18(17)25-7-2)10-12-20(24)27-15-19(23)22-21(3,4)5/h9-12,14H,6-8,13,15H2,1-5H3,(H,22,23)/b12-10+. The number of carbonyl (C=O) groups is 2. The molecule has 0 aliphatic rings. The van der Waals surface area contributed by atoms with Gasteiger partial charge in [0.05, 0.1) is 13.2 Å². The van der Waals surface area contributed by atoms with Crippen molar-refractivity contribution in [1.82, 2.24) is 5.32 Å². The lowest BCUT2D eigenvalue weighted by atomic mass is 10.1. The Kier molecular flexibility index (Phi) is 9.40. The van der Waals surface area contributed by atoms with E-state index in [4.69, 9.17) is 14.2 Å². The summed E-state index contributed by atoms with van der Waals surface area (Å²) in [6, 6.07) is 5.46. The Morgan fingerprint density at radius 2 is 1.85 bits per heavy atom. The first kappa shape index (κ1) is 22.5. The number of hydrogen-bond donors (Lipinski definition) is 1. The number of unbranched alkanes of at least 4 members (excludes halogenated alkanes) is 1. The van der Waals surface area contributed by atoms with E-state index in [2.05, 4.69) is 12.2 Å². The molecular weight excluding hydrogens is 346 g/mol. The molecule has 1 amide bonds. The zero-order valence-electron chi connectivity index (χ0n) is 17.0. The first-order valence-corrected chi connectivity index (χ1v) is 9.30. The molecule has 27 heavy (non-hydrogen) atoms. The molecule has 6 heteroatoms. The minimum absolute atomic E-state index is 0.311. The van der Waals surface area contributed by atoms with Gasteiger partial charge in [-0.3, -0.25) is 4.79 Å². The Morgan fingerprint density at radius 1 is 1.11 bits per heavy atom. The van der Waals surface area contributed by atoms with Gasteiger partial charge in [-0.25, -0.2) is 4.79 Å². The van der Waals surface area contributed by atoms with Crippen molar-refractivity contribution in [3.05, 3.63) is 29.8 Å².